The van der Waals surface area contributed by atoms with Crippen LogP contribution in [0.3, 0.4) is 0 Å². The van der Waals surface area contributed by atoms with Crippen LogP contribution in [0.15, 0.2) is 47.0 Å². The predicted molar refractivity (Wildman–Crippen MR) is 113 cm³/mol. The highest BCUT2D eigenvalue weighted by Gasteiger charge is 2.18. The number of benzene rings is 1. The smallest absolute Gasteiger partial charge is 0.287 e. The molecule has 0 bridgehead atoms. The Morgan fingerprint density at radius 1 is 1.26 bits per heavy atom. The molecule has 3 N–H and O–H groups in total. The van der Waals surface area contributed by atoms with Crippen molar-refractivity contribution in [1.29, 1.82) is 0 Å². The molecule has 0 fully saturated rings. The molecule has 4 aromatic rings. The second kappa shape index (κ2) is 7.61. The molecule has 3 aromatic heterocycles. The molecular weight excluding hydrogens is 420 g/mol. The number of nitrogens with one attached hydrogen (secondary N) is 3. The van der Waals surface area contributed by atoms with E-state index in [1.54, 1.807) is 42.2 Å². The Labute approximate surface area is 178 Å². The fourth-order valence-electron chi connectivity index (χ4n) is 3.19. The topological polar surface area (TPSA) is 139 Å². The molecule has 0 spiro atoms. The third-order valence-corrected chi connectivity index (χ3v) is 5.50. The van der Waals surface area contributed by atoms with Crippen molar-refractivity contribution in [3.8, 4) is 17.0 Å². The summed E-state index contributed by atoms with van der Waals surface area (Å²) in [5, 5.41) is 7.57. The standard InChI is InChI=1S/C20H14N6O4S/c27-15-8-30-14-2-1-10(5-12(14)24-15)6-23-19(29)17-25-18(28)16-11(9-31-20(16)26-17)13-7-21-3-4-22-13/h1-5,7,9H,6,8H2,(H,23,29)(H,24,27)(H,25,26,28). The average molecular weight is 434 g/mol. The number of ether oxygens (including phenoxy) is 1. The zero-order valence-corrected chi connectivity index (χ0v) is 16.7. The van der Waals surface area contributed by atoms with Crippen LogP contribution in [0.1, 0.15) is 16.2 Å². The minimum atomic E-state index is -0.522. The van der Waals surface area contributed by atoms with E-state index in [1.807, 2.05) is 0 Å². The number of anilines is 1. The lowest BCUT2D eigenvalue weighted by Crippen LogP contribution is -2.28. The van der Waals surface area contributed by atoms with Crippen LogP contribution in [-0.2, 0) is 11.3 Å². The molecule has 1 aliphatic rings. The maximum atomic E-state index is 12.7. The van der Waals surface area contributed by atoms with E-state index >= 15 is 0 Å². The van der Waals surface area contributed by atoms with Crippen molar-refractivity contribution in [3.63, 3.8) is 0 Å². The maximum absolute atomic E-state index is 12.7. The number of fused-ring (bicyclic) bond motifs is 2. The lowest BCUT2D eigenvalue weighted by molar-refractivity contribution is -0.118. The van der Waals surface area contributed by atoms with E-state index in [0.29, 0.717) is 32.9 Å². The van der Waals surface area contributed by atoms with E-state index in [1.165, 1.54) is 11.3 Å². The molecule has 0 radical (unpaired) electrons. The fourth-order valence-corrected chi connectivity index (χ4v) is 4.12. The number of hydrogen-bond donors (Lipinski definition) is 3. The molecule has 154 valence electrons. The van der Waals surface area contributed by atoms with Gasteiger partial charge in [-0.05, 0) is 17.7 Å². The SMILES string of the molecule is O=C1COc2ccc(CNC(=O)c3nc4scc(-c5cnccn5)c4c(=O)[nH]3)cc2N1. The van der Waals surface area contributed by atoms with Crippen LogP contribution < -0.4 is 20.9 Å². The molecule has 11 heteroatoms. The molecule has 31 heavy (non-hydrogen) atoms. The van der Waals surface area contributed by atoms with Crippen LogP contribution in [0, 0.1) is 0 Å². The van der Waals surface area contributed by atoms with Crippen LogP contribution in [0.5, 0.6) is 5.75 Å². The Balaban J connectivity index is 1.36. The number of H-pyrrole nitrogens is 1. The number of amides is 2. The third-order valence-electron chi connectivity index (χ3n) is 4.63. The number of rotatable bonds is 4. The van der Waals surface area contributed by atoms with Gasteiger partial charge in [0.15, 0.2) is 6.61 Å². The summed E-state index contributed by atoms with van der Waals surface area (Å²) in [6, 6.07) is 5.23. The third kappa shape index (κ3) is 3.62. The molecule has 0 saturated carbocycles. The number of carbonyl (C=O) groups is 2. The van der Waals surface area contributed by atoms with Gasteiger partial charge in [0.1, 0.15) is 10.6 Å². The van der Waals surface area contributed by atoms with Crippen molar-refractivity contribution in [2.45, 2.75) is 6.54 Å². The normalized spacial score (nSPS) is 12.7. The lowest BCUT2D eigenvalue weighted by Gasteiger charge is -2.18. The van der Waals surface area contributed by atoms with Crippen molar-refractivity contribution in [1.82, 2.24) is 25.3 Å². The Bertz CT molecular complexity index is 1380. The minimum absolute atomic E-state index is 0.0220. The first-order chi connectivity index (χ1) is 15.1. The van der Waals surface area contributed by atoms with E-state index in [2.05, 4.69) is 30.6 Å². The average Bonchev–Trinajstić information content (AvgIpc) is 3.22. The Morgan fingerprint density at radius 3 is 3.00 bits per heavy atom. The fraction of sp³-hybridized carbons (Fsp3) is 0.100. The largest absolute Gasteiger partial charge is 0.482 e. The summed E-state index contributed by atoms with van der Waals surface area (Å²) in [6.07, 6.45) is 4.65. The van der Waals surface area contributed by atoms with Crippen molar-refractivity contribution in [3.05, 3.63) is 63.9 Å². The van der Waals surface area contributed by atoms with Crippen LogP contribution >= 0.6 is 11.3 Å². The Morgan fingerprint density at radius 2 is 2.16 bits per heavy atom. The Kier molecular flexibility index (Phi) is 4.64. The second-order valence-corrected chi connectivity index (χ2v) is 7.54. The summed E-state index contributed by atoms with van der Waals surface area (Å²) in [5.74, 6) is -0.269. The molecule has 0 unspecified atom stereocenters. The summed E-state index contributed by atoms with van der Waals surface area (Å²) >= 11 is 1.25. The number of thiophene rings is 1. The molecule has 1 aromatic carbocycles. The first-order valence-electron chi connectivity index (χ1n) is 9.20. The minimum Gasteiger partial charge on any atom is -0.482 e. The van der Waals surface area contributed by atoms with Crippen molar-refractivity contribution < 1.29 is 14.3 Å². The Hall–Kier alpha value is -4.12. The van der Waals surface area contributed by atoms with E-state index in [9.17, 15) is 14.4 Å². The van der Waals surface area contributed by atoms with E-state index in [-0.39, 0.29) is 24.9 Å². The molecule has 0 saturated heterocycles. The van der Waals surface area contributed by atoms with E-state index in [4.69, 9.17) is 4.74 Å². The zero-order chi connectivity index (χ0) is 21.4. The zero-order valence-electron chi connectivity index (χ0n) is 15.8. The van der Waals surface area contributed by atoms with Gasteiger partial charge in [0.05, 0.1) is 23.0 Å². The number of hydrogen-bond acceptors (Lipinski definition) is 8. The first kappa shape index (κ1) is 18.9. The van der Waals surface area contributed by atoms with Gasteiger partial charge in [0, 0.05) is 29.9 Å². The molecule has 0 aliphatic carbocycles. The molecule has 1 aliphatic heterocycles. The van der Waals surface area contributed by atoms with Gasteiger partial charge in [-0.2, -0.15) is 0 Å². The quantitative estimate of drug-likeness (QED) is 0.444. The highest BCUT2D eigenvalue weighted by molar-refractivity contribution is 7.17. The molecule has 5 rings (SSSR count). The number of carbonyl (C=O) groups excluding carboxylic acids is 2. The van der Waals surface area contributed by atoms with Crippen LogP contribution in [0.25, 0.3) is 21.5 Å². The highest BCUT2D eigenvalue weighted by atomic mass is 32.1. The highest BCUT2D eigenvalue weighted by Crippen LogP contribution is 2.29. The van der Waals surface area contributed by atoms with Gasteiger partial charge in [0.2, 0.25) is 5.82 Å². The van der Waals surface area contributed by atoms with E-state index < -0.39 is 11.5 Å². The van der Waals surface area contributed by atoms with Crippen molar-refractivity contribution in [2.75, 3.05) is 11.9 Å². The second-order valence-electron chi connectivity index (χ2n) is 6.68. The lowest BCUT2D eigenvalue weighted by atomic mass is 10.1. The first-order valence-corrected chi connectivity index (χ1v) is 10.1. The number of nitrogens with zero attached hydrogens (tertiary/aromatic N) is 3. The monoisotopic (exact) mass is 434 g/mol. The summed E-state index contributed by atoms with van der Waals surface area (Å²) in [5.41, 5.74) is 2.05. The molecule has 10 nitrogen and oxygen atoms in total. The molecule has 2 amide bonds. The van der Waals surface area contributed by atoms with Crippen molar-refractivity contribution in [2.24, 2.45) is 0 Å². The van der Waals surface area contributed by atoms with Crippen LogP contribution in [0.4, 0.5) is 5.69 Å². The maximum Gasteiger partial charge on any atom is 0.287 e. The van der Waals surface area contributed by atoms with Crippen molar-refractivity contribution >= 4 is 39.1 Å². The van der Waals surface area contributed by atoms with E-state index in [0.717, 1.165) is 5.56 Å². The summed E-state index contributed by atoms with van der Waals surface area (Å²) < 4.78 is 5.32. The molecule has 0 atom stereocenters. The molecule has 4 heterocycles. The number of aromatic nitrogens is 4. The molecular formula is C20H14N6O4S. The summed E-state index contributed by atoms with van der Waals surface area (Å²) in [7, 11) is 0. The van der Waals surface area contributed by atoms with Crippen LogP contribution in [-0.4, -0.2) is 38.4 Å². The van der Waals surface area contributed by atoms with Crippen LogP contribution in [0.2, 0.25) is 0 Å². The van der Waals surface area contributed by atoms with Gasteiger partial charge >= 0.3 is 0 Å². The van der Waals surface area contributed by atoms with Gasteiger partial charge in [-0.25, -0.2) is 4.98 Å². The summed E-state index contributed by atoms with van der Waals surface area (Å²) in [4.78, 5) is 52.2. The van der Waals surface area contributed by atoms with Gasteiger partial charge in [-0.3, -0.25) is 24.4 Å². The van der Waals surface area contributed by atoms with Gasteiger partial charge in [-0.15, -0.1) is 11.3 Å². The number of aromatic amines is 1. The summed E-state index contributed by atoms with van der Waals surface area (Å²) in [6.45, 7) is 0.158. The predicted octanol–water partition coefficient (Wildman–Crippen LogP) is 1.70. The van der Waals surface area contributed by atoms with Gasteiger partial charge in [0.25, 0.3) is 17.4 Å². The van der Waals surface area contributed by atoms with Gasteiger partial charge < -0.3 is 20.4 Å². The van der Waals surface area contributed by atoms with Gasteiger partial charge in [-0.1, -0.05) is 6.07 Å².